The summed E-state index contributed by atoms with van der Waals surface area (Å²) in [5.41, 5.74) is -0.952. The summed E-state index contributed by atoms with van der Waals surface area (Å²) in [6.07, 6.45) is -5.22. The van der Waals surface area contributed by atoms with Crippen LogP contribution in [-0.2, 0) is 23.9 Å². The first-order valence-corrected chi connectivity index (χ1v) is 8.24. The monoisotopic (exact) mass is 403 g/mol. The molecule has 2 aromatic rings. The summed E-state index contributed by atoms with van der Waals surface area (Å²) in [7, 11) is 0.990. The average Bonchev–Trinajstić information content (AvgIpc) is 2.64. The quantitative estimate of drug-likeness (QED) is 0.532. The number of nitrogens with zero attached hydrogens (tertiary/aromatic N) is 1. The number of rotatable bonds is 5. The first kappa shape index (κ1) is 20.9. The number of carbonyl (C=O) groups excluding carboxylic acids is 1. The number of benzene rings is 2. The van der Waals surface area contributed by atoms with Crippen molar-refractivity contribution in [3.8, 4) is 5.75 Å². The molecule has 1 amide bonds. The smallest absolute Gasteiger partial charge is 0.438 e. The Kier molecular flexibility index (Phi) is 6.56. The third kappa shape index (κ3) is 4.84. The van der Waals surface area contributed by atoms with Gasteiger partial charge >= 0.3 is 12.3 Å². The standard InChI is InChI=1S/C18H17ClF3NO4/c1-3-11-7-8-16(14(19)9-11)27-10-12-13(18(20,21)22)5-4-6-15(12)23(25)17(24)26-2/h4-9,25H,3,10H2,1-2H3. The lowest BCUT2D eigenvalue weighted by molar-refractivity contribution is -0.138. The van der Waals surface area contributed by atoms with Crippen molar-refractivity contribution in [1.29, 1.82) is 0 Å². The summed E-state index contributed by atoms with van der Waals surface area (Å²) >= 11 is 6.10. The third-order valence-corrected chi connectivity index (χ3v) is 4.10. The Balaban J connectivity index is 2.42. The van der Waals surface area contributed by atoms with Gasteiger partial charge in [-0.05, 0) is 36.2 Å². The number of carbonyl (C=O) groups is 1. The molecule has 0 atom stereocenters. The number of ether oxygens (including phenoxy) is 2. The van der Waals surface area contributed by atoms with Crippen LogP contribution in [0.2, 0.25) is 5.02 Å². The van der Waals surface area contributed by atoms with E-state index in [-0.39, 0.29) is 15.8 Å². The van der Waals surface area contributed by atoms with E-state index in [4.69, 9.17) is 16.3 Å². The first-order valence-electron chi connectivity index (χ1n) is 7.86. The number of hydrogen-bond acceptors (Lipinski definition) is 4. The summed E-state index contributed by atoms with van der Waals surface area (Å²) in [4.78, 5) is 11.5. The maximum Gasteiger partial charge on any atom is 0.438 e. The summed E-state index contributed by atoms with van der Waals surface area (Å²) in [5, 5.41) is 10.1. The molecule has 0 heterocycles. The predicted octanol–water partition coefficient (Wildman–Crippen LogP) is 5.46. The number of alkyl halides is 3. The van der Waals surface area contributed by atoms with Gasteiger partial charge in [-0.15, -0.1) is 0 Å². The van der Waals surface area contributed by atoms with Crippen LogP contribution in [0.15, 0.2) is 36.4 Å². The van der Waals surface area contributed by atoms with Crippen molar-refractivity contribution in [1.82, 2.24) is 0 Å². The Morgan fingerprint density at radius 2 is 1.96 bits per heavy atom. The summed E-state index contributed by atoms with van der Waals surface area (Å²) in [6.45, 7) is 1.35. The second-order valence-electron chi connectivity index (χ2n) is 5.49. The Morgan fingerprint density at radius 3 is 2.52 bits per heavy atom. The zero-order chi connectivity index (χ0) is 20.2. The molecule has 0 saturated heterocycles. The molecule has 0 aromatic heterocycles. The van der Waals surface area contributed by atoms with Crippen LogP contribution in [0.4, 0.5) is 23.7 Å². The number of halogens is 4. The highest BCUT2D eigenvalue weighted by Crippen LogP contribution is 2.37. The van der Waals surface area contributed by atoms with E-state index in [2.05, 4.69) is 4.74 Å². The zero-order valence-corrected chi connectivity index (χ0v) is 15.3. The lowest BCUT2D eigenvalue weighted by Crippen LogP contribution is -2.29. The molecular formula is C18H17ClF3NO4. The molecule has 27 heavy (non-hydrogen) atoms. The van der Waals surface area contributed by atoms with Crippen molar-refractivity contribution in [2.24, 2.45) is 0 Å². The number of anilines is 1. The molecule has 9 heteroatoms. The first-order chi connectivity index (χ1) is 12.7. The SMILES string of the molecule is CCc1ccc(OCc2c(N(O)C(=O)OC)cccc2C(F)(F)F)c(Cl)c1. The fourth-order valence-corrected chi connectivity index (χ4v) is 2.66. The number of hydrogen-bond donors (Lipinski definition) is 1. The fourth-order valence-electron chi connectivity index (χ4n) is 2.41. The molecule has 2 aromatic carbocycles. The summed E-state index contributed by atoms with van der Waals surface area (Å²) < 4.78 is 49.9. The zero-order valence-electron chi connectivity index (χ0n) is 14.5. The van der Waals surface area contributed by atoms with Crippen molar-refractivity contribution < 1.29 is 32.6 Å². The maximum absolute atomic E-state index is 13.4. The largest absolute Gasteiger partial charge is 0.487 e. The minimum atomic E-state index is -4.72. The van der Waals surface area contributed by atoms with Gasteiger partial charge in [0.05, 0.1) is 23.4 Å². The fraction of sp³-hybridized carbons (Fsp3) is 0.278. The maximum atomic E-state index is 13.4. The molecular weight excluding hydrogens is 387 g/mol. The molecule has 146 valence electrons. The molecule has 0 aliphatic carbocycles. The van der Waals surface area contributed by atoms with Gasteiger partial charge in [0.2, 0.25) is 0 Å². The molecule has 1 N–H and O–H groups in total. The van der Waals surface area contributed by atoms with Crippen LogP contribution in [-0.4, -0.2) is 18.4 Å². The van der Waals surface area contributed by atoms with Gasteiger partial charge in [0.1, 0.15) is 12.4 Å². The van der Waals surface area contributed by atoms with Gasteiger partial charge in [0.15, 0.2) is 0 Å². The summed E-state index contributed by atoms with van der Waals surface area (Å²) in [6, 6.07) is 7.98. The molecule has 0 unspecified atom stereocenters. The van der Waals surface area contributed by atoms with Crippen molar-refractivity contribution in [3.63, 3.8) is 0 Å². The van der Waals surface area contributed by atoms with E-state index in [1.54, 1.807) is 18.2 Å². The number of amides is 1. The molecule has 0 fully saturated rings. The van der Waals surface area contributed by atoms with E-state index in [1.807, 2.05) is 6.92 Å². The van der Waals surface area contributed by atoms with Gasteiger partial charge in [0.25, 0.3) is 0 Å². The Morgan fingerprint density at radius 1 is 1.26 bits per heavy atom. The number of aryl methyl sites for hydroxylation is 1. The Labute approximate surface area is 158 Å². The topological polar surface area (TPSA) is 59.0 Å². The minimum absolute atomic E-state index is 0.00424. The second kappa shape index (κ2) is 8.49. The molecule has 0 spiro atoms. The number of methoxy groups -OCH3 is 1. The van der Waals surface area contributed by atoms with Crippen LogP contribution in [0, 0.1) is 0 Å². The van der Waals surface area contributed by atoms with Gasteiger partial charge < -0.3 is 9.47 Å². The van der Waals surface area contributed by atoms with E-state index in [1.165, 1.54) is 0 Å². The van der Waals surface area contributed by atoms with Gasteiger partial charge in [0, 0.05) is 5.56 Å². The van der Waals surface area contributed by atoms with Crippen molar-refractivity contribution in [3.05, 3.63) is 58.1 Å². The normalized spacial score (nSPS) is 11.2. The van der Waals surface area contributed by atoms with E-state index >= 15 is 0 Å². The highest BCUT2D eigenvalue weighted by Gasteiger charge is 2.36. The lowest BCUT2D eigenvalue weighted by Gasteiger charge is -2.21. The molecule has 5 nitrogen and oxygen atoms in total. The van der Waals surface area contributed by atoms with E-state index in [9.17, 15) is 23.2 Å². The van der Waals surface area contributed by atoms with Crippen LogP contribution in [0.25, 0.3) is 0 Å². The minimum Gasteiger partial charge on any atom is -0.487 e. The van der Waals surface area contributed by atoms with E-state index < -0.39 is 35.7 Å². The van der Waals surface area contributed by atoms with Crippen LogP contribution < -0.4 is 9.80 Å². The highest BCUT2D eigenvalue weighted by molar-refractivity contribution is 6.32. The van der Waals surface area contributed by atoms with E-state index in [0.29, 0.717) is 0 Å². The second-order valence-corrected chi connectivity index (χ2v) is 5.90. The van der Waals surface area contributed by atoms with Crippen molar-refractivity contribution >= 4 is 23.4 Å². The van der Waals surface area contributed by atoms with E-state index in [0.717, 1.165) is 37.3 Å². The Hall–Kier alpha value is -2.45. The van der Waals surface area contributed by atoms with Crippen molar-refractivity contribution in [2.75, 3.05) is 12.2 Å². The molecule has 0 radical (unpaired) electrons. The van der Waals surface area contributed by atoms with Gasteiger partial charge in [-0.1, -0.05) is 30.7 Å². The van der Waals surface area contributed by atoms with Crippen LogP contribution >= 0.6 is 11.6 Å². The summed E-state index contributed by atoms with van der Waals surface area (Å²) in [5.74, 6) is 0.180. The molecule has 0 aliphatic heterocycles. The van der Waals surface area contributed by atoms with Crippen LogP contribution in [0.1, 0.15) is 23.6 Å². The molecule has 2 rings (SSSR count). The highest BCUT2D eigenvalue weighted by atomic mass is 35.5. The third-order valence-electron chi connectivity index (χ3n) is 3.81. The molecule has 0 aliphatic rings. The Bertz CT molecular complexity index is 827. The van der Waals surface area contributed by atoms with Crippen LogP contribution in [0.5, 0.6) is 5.75 Å². The van der Waals surface area contributed by atoms with Gasteiger partial charge in [-0.2, -0.15) is 18.2 Å². The molecule has 0 bridgehead atoms. The predicted molar refractivity (Wildman–Crippen MR) is 93.3 cm³/mol. The lowest BCUT2D eigenvalue weighted by atomic mass is 10.1. The average molecular weight is 404 g/mol. The van der Waals surface area contributed by atoms with Gasteiger partial charge in [-0.25, -0.2) is 4.79 Å². The number of hydroxylamine groups is 1. The van der Waals surface area contributed by atoms with Crippen LogP contribution in [0.3, 0.4) is 0 Å². The van der Waals surface area contributed by atoms with Gasteiger partial charge in [-0.3, -0.25) is 5.21 Å². The van der Waals surface area contributed by atoms with Crippen molar-refractivity contribution in [2.45, 2.75) is 26.1 Å². The molecule has 0 saturated carbocycles.